The van der Waals surface area contributed by atoms with Crippen molar-refractivity contribution in [1.82, 2.24) is 9.80 Å². The number of rotatable bonds is 9. The zero-order valence-corrected chi connectivity index (χ0v) is 21.6. The van der Waals surface area contributed by atoms with Gasteiger partial charge in [0.25, 0.3) is 11.7 Å². The molecule has 3 aromatic carbocycles. The van der Waals surface area contributed by atoms with Crippen molar-refractivity contribution in [2.75, 3.05) is 45.2 Å². The number of fused-ring (bicyclic) bond motifs is 1. The molecule has 1 aliphatic heterocycles. The third kappa shape index (κ3) is 5.00. The van der Waals surface area contributed by atoms with Crippen molar-refractivity contribution in [2.24, 2.45) is 0 Å². The van der Waals surface area contributed by atoms with Crippen LogP contribution in [0.15, 0.2) is 72.3 Å². The van der Waals surface area contributed by atoms with Gasteiger partial charge in [0.2, 0.25) is 0 Å². The van der Waals surface area contributed by atoms with Gasteiger partial charge in [-0.1, -0.05) is 48.5 Å². The first-order valence-electron chi connectivity index (χ1n) is 12.6. The lowest BCUT2D eigenvalue weighted by atomic mass is 9.94. The van der Waals surface area contributed by atoms with Crippen molar-refractivity contribution in [3.05, 3.63) is 83.4 Å². The summed E-state index contributed by atoms with van der Waals surface area (Å²) in [4.78, 5) is 32.4. The number of aliphatic hydroxyl groups is 1. The fraction of sp³-hybridized carbons (Fsp3) is 0.333. The maximum Gasteiger partial charge on any atom is 0.295 e. The number of amides is 1. The van der Waals surface area contributed by atoms with E-state index in [0.29, 0.717) is 12.1 Å². The quantitative estimate of drug-likeness (QED) is 0.261. The molecule has 4 rings (SSSR count). The Kier molecular flexibility index (Phi) is 7.75. The molecule has 1 heterocycles. The summed E-state index contributed by atoms with van der Waals surface area (Å²) < 4.78 is 0. The van der Waals surface area contributed by atoms with Crippen LogP contribution in [0.5, 0.6) is 0 Å². The number of carbonyl (C=O) groups is 2. The Hall–Kier alpha value is -3.64. The lowest BCUT2D eigenvalue weighted by molar-refractivity contribution is -0.139. The normalized spacial score (nSPS) is 17.4. The third-order valence-corrected chi connectivity index (χ3v) is 6.90. The monoisotopic (exact) mass is 485 g/mol. The Morgan fingerprint density at radius 1 is 0.917 bits per heavy atom. The van der Waals surface area contributed by atoms with Gasteiger partial charge in [0.15, 0.2) is 0 Å². The second-order valence-corrected chi connectivity index (χ2v) is 9.48. The highest BCUT2D eigenvalue weighted by atomic mass is 16.3. The Labute approximate surface area is 213 Å². The number of anilines is 1. The summed E-state index contributed by atoms with van der Waals surface area (Å²) in [6.45, 7) is 7.23. The largest absolute Gasteiger partial charge is 0.507 e. The number of nitrogens with zero attached hydrogens (tertiary/aromatic N) is 3. The highest BCUT2D eigenvalue weighted by molar-refractivity contribution is 6.46. The Balaban J connectivity index is 1.80. The highest BCUT2D eigenvalue weighted by Gasteiger charge is 2.45. The van der Waals surface area contributed by atoms with Crippen LogP contribution < -0.4 is 4.90 Å². The van der Waals surface area contributed by atoms with Crippen molar-refractivity contribution in [3.63, 3.8) is 0 Å². The van der Waals surface area contributed by atoms with Gasteiger partial charge in [0.05, 0.1) is 11.6 Å². The zero-order valence-electron chi connectivity index (χ0n) is 21.6. The highest BCUT2D eigenvalue weighted by Crippen LogP contribution is 2.40. The molecular formula is C30H35N3O3. The van der Waals surface area contributed by atoms with Gasteiger partial charge >= 0.3 is 0 Å². The van der Waals surface area contributed by atoms with Crippen LogP contribution in [0.1, 0.15) is 37.4 Å². The van der Waals surface area contributed by atoms with Crippen LogP contribution >= 0.6 is 0 Å². The van der Waals surface area contributed by atoms with Gasteiger partial charge in [-0.05, 0) is 75.4 Å². The van der Waals surface area contributed by atoms with E-state index in [1.165, 1.54) is 0 Å². The van der Waals surface area contributed by atoms with Gasteiger partial charge in [0, 0.05) is 30.9 Å². The molecule has 0 bridgehead atoms. The maximum absolute atomic E-state index is 13.3. The molecule has 36 heavy (non-hydrogen) atoms. The number of likely N-dealkylation sites (tertiary alicyclic amines) is 1. The molecule has 3 aromatic rings. The molecule has 0 radical (unpaired) electrons. The molecular weight excluding hydrogens is 450 g/mol. The summed E-state index contributed by atoms with van der Waals surface area (Å²) >= 11 is 0. The molecule has 1 atom stereocenters. The third-order valence-electron chi connectivity index (χ3n) is 6.90. The minimum absolute atomic E-state index is 0.132. The number of Topliss-reactive ketones (excluding diaryl/α,β-unsaturated/α-hetero) is 1. The zero-order chi connectivity index (χ0) is 25.8. The standard InChI is InChI=1S/C30H35N3O3/c1-5-32(6-2)25-16-14-22(15-17-25)27-26(29(35)30(36)33(27)19-9-18-31(3)4)28(34)24-13-12-21-10-7-8-11-23(21)20-24/h7-8,10-17,20,27,34H,5-6,9,18-19H2,1-4H3/b28-26-. The minimum atomic E-state index is -0.636. The molecule has 1 unspecified atom stereocenters. The summed E-state index contributed by atoms with van der Waals surface area (Å²) in [5.41, 5.74) is 2.58. The van der Waals surface area contributed by atoms with E-state index in [-0.39, 0.29) is 11.3 Å². The molecule has 1 fully saturated rings. The summed E-state index contributed by atoms with van der Waals surface area (Å²) in [6.07, 6.45) is 0.726. The van der Waals surface area contributed by atoms with Crippen LogP contribution in [0.4, 0.5) is 5.69 Å². The van der Waals surface area contributed by atoms with Gasteiger partial charge in [0.1, 0.15) is 5.76 Å². The van der Waals surface area contributed by atoms with Crippen LogP contribution in [0.3, 0.4) is 0 Å². The predicted molar refractivity (Wildman–Crippen MR) is 146 cm³/mol. The van der Waals surface area contributed by atoms with Gasteiger partial charge < -0.3 is 19.8 Å². The smallest absolute Gasteiger partial charge is 0.295 e. The van der Waals surface area contributed by atoms with E-state index in [1.807, 2.05) is 74.8 Å². The lowest BCUT2D eigenvalue weighted by Gasteiger charge is -2.27. The van der Waals surface area contributed by atoms with Gasteiger partial charge in [-0.25, -0.2) is 0 Å². The maximum atomic E-state index is 13.3. The van der Waals surface area contributed by atoms with E-state index >= 15 is 0 Å². The molecule has 0 spiro atoms. The molecule has 0 saturated carbocycles. The van der Waals surface area contributed by atoms with Crippen molar-refractivity contribution < 1.29 is 14.7 Å². The van der Waals surface area contributed by atoms with E-state index < -0.39 is 17.7 Å². The first-order valence-corrected chi connectivity index (χ1v) is 12.6. The molecule has 6 heteroatoms. The van der Waals surface area contributed by atoms with E-state index in [9.17, 15) is 14.7 Å². The molecule has 1 aliphatic rings. The number of carbonyl (C=O) groups excluding carboxylic acids is 2. The second kappa shape index (κ2) is 11.0. The van der Waals surface area contributed by atoms with Crippen LogP contribution in [-0.2, 0) is 9.59 Å². The van der Waals surface area contributed by atoms with Crippen molar-refractivity contribution in [2.45, 2.75) is 26.3 Å². The fourth-order valence-electron chi connectivity index (χ4n) is 4.96. The van der Waals surface area contributed by atoms with Gasteiger partial charge in [-0.15, -0.1) is 0 Å². The predicted octanol–water partition coefficient (Wildman–Crippen LogP) is 5.06. The molecule has 6 nitrogen and oxygen atoms in total. The summed E-state index contributed by atoms with van der Waals surface area (Å²) in [7, 11) is 3.97. The van der Waals surface area contributed by atoms with Gasteiger partial charge in [-0.2, -0.15) is 0 Å². The minimum Gasteiger partial charge on any atom is -0.507 e. The topological polar surface area (TPSA) is 64.1 Å². The van der Waals surface area contributed by atoms with Crippen LogP contribution in [0.2, 0.25) is 0 Å². The fourth-order valence-corrected chi connectivity index (χ4v) is 4.96. The molecule has 1 N–H and O–H groups in total. The Morgan fingerprint density at radius 2 is 1.58 bits per heavy atom. The number of ketones is 1. The SMILES string of the molecule is CCN(CC)c1ccc(C2/C(=C(/O)c3ccc4ccccc4c3)C(=O)C(=O)N2CCCN(C)C)cc1. The van der Waals surface area contributed by atoms with Crippen LogP contribution in [0.25, 0.3) is 16.5 Å². The number of aliphatic hydroxyl groups excluding tert-OH is 1. The molecule has 188 valence electrons. The summed E-state index contributed by atoms with van der Waals surface area (Å²) in [5.74, 6) is -1.33. The number of hydrogen-bond acceptors (Lipinski definition) is 5. The molecule has 1 saturated heterocycles. The molecule has 1 amide bonds. The first-order chi connectivity index (χ1) is 17.3. The lowest BCUT2D eigenvalue weighted by Crippen LogP contribution is -2.32. The van der Waals surface area contributed by atoms with E-state index in [2.05, 4.69) is 23.6 Å². The van der Waals surface area contributed by atoms with Gasteiger partial charge in [-0.3, -0.25) is 9.59 Å². The van der Waals surface area contributed by atoms with Crippen molar-refractivity contribution >= 4 is 33.9 Å². The average molecular weight is 486 g/mol. The Bertz CT molecular complexity index is 1280. The van der Waals surface area contributed by atoms with Crippen LogP contribution in [0, 0.1) is 0 Å². The number of benzene rings is 3. The summed E-state index contributed by atoms with van der Waals surface area (Å²) in [6, 6.07) is 20.8. The van der Waals surface area contributed by atoms with Crippen LogP contribution in [-0.4, -0.2) is 66.9 Å². The average Bonchev–Trinajstić information content (AvgIpc) is 3.14. The number of hydrogen-bond donors (Lipinski definition) is 1. The van der Waals surface area contributed by atoms with E-state index in [0.717, 1.165) is 48.1 Å². The van der Waals surface area contributed by atoms with Crippen molar-refractivity contribution in [1.29, 1.82) is 0 Å². The summed E-state index contributed by atoms with van der Waals surface area (Å²) in [5, 5.41) is 13.4. The van der Waals surface area contributed by atoms with E-state index in [1.54, 1.807) is 11.0 Å². The first kappa shape index (κ1) is 25.5. The van der Waals surface area contributed by atoms with E-state index in [4.69, 9.17) is 0 Å². The molecule has 0 aliphatic carbocycles. The van der Waals surface area contributed by atoms with Crippen molar-refractivity contribution in [3.8, 4) is 0 Å². The second-order valence-electron chi connectivity index (χ2n) is 9.48. The molecule has 0 aromatic heterocycles. The Morgan fingerprint density at radius 3 is 2.22 bits per heavy atom.